The van der Waals surface area contributed by atoms with Gasteiger partial charge in [-0.05, 0) is 38.6 Å². The first-order chi connectivity index (χ1) is 9.36. The predicted octanol–water partition coefficient (Wildman–Crippen LogP) is 0.688. The quantitative estimate of drug-likeness (QED) is 0.697. The number of piperidine rings is 1. The molecule has 110 valence electrons. The third-order valence-electron chi connectivity index (χ3n) is 3.81. The highest BCUT2D eigenvalue weighted by Crippen LogP contribution is 2.11. The minimum atomic E-state index is 0.158. The van der Waals surface area contributed by atoms with Crippen molar-refractivity contribution in [2.24, 2.45) is 5.92 Å². The number of amides is 1. The standard InChI is InChI=1S/C14H26N2O3/c17-14(12-3-1-6-15-11-12)16-7-2-8-19-13-4-9-18-10-5-13/h12-13,15H,1-11H2,(H,16,17). The molecule has 19 heavy (non-hydrogen) atoms. The van der Waals surface area contributed by atoms with Gasteiger partial charge in [0.15, 0.2) is 0 Å². The van der Waals surface area contributed by atoms with E-state index in [9.17, 15) is 4.79 Å². The van der Waals surface area contributed by atoms with Crippen LogP contribution in [0.4, 0.5) is 0 Å². The Hall–Kier alpha value is -0.650. The van der Waals surface area contributed by atoms with Crippen LogP contribution in [0.2, 0.25) is 0 Å². The SMILES string of the molecule is O=C(NCCCOC1CCOCC1)C1CCCNC1. The molecule has 2 aliphatic heterocycles. The van der Waals surface area contributed by atoms with Crippen molar-refractivity contribution < 1.29 is 14.3 Å². The summed E-state index contributed by atoms with van der Waals surface area (Å²) in [5, 5.41) is 6.27. The summed E-state index contributed by atoms with van der Waals surface area (Å²) in [6.07, 6.45) is 5.36. The van der Waals surface area contributed by atoms with Crippen LogP contribution >= 0.6 is 0 Å². The fraction of sp³-hybridized carbons (Fsp3) is 0.929. The second-order valence-electron chi connectivity index (χ2n) is 5.37. The summed E-state index contributed by atoms with van der Waals surface area (Å²) in [5.41, 5.74) is 0. The fourth-order valence-electron chi connectivity index (χ4n) is 2.60. The lowest BCUT2D eigenvalue weighted by molar-refractivity contribution is -0.125. The molecule has 2 heterocycles. The molecule has 0 spiro atoms. The summed E-state index contributed by atoms with van der Waals surface area (Å²) in [5.74, 6) is 0.350. The van der Waals surface area contributed by atoms with Gasteiger partial charge in [0, 0.05) is 32.9 Å². The van der Waals surface area contributed by atoms with E-state index < -0.39 is 0 Å². The van der Waals surface area contributed by atoms with Crippen LogP contribution in [0.25, 0.3) is 0 Å². The van der Waals surface area contributed by atoms with Crippen LogP contribution in [-0.4, -0.2) is 51.5 Å². The zero-order valence-corrected chi connectivity index (χ0v) is 11.7. The molecule has 2 rings (SSSR count). The number of ether oxygens (including phenoxy) is 2. The average Bonchev–Trinajstić information content (AvgIpc) is 2.49. The van der Waals surface area contributed by atoms with Crippen LogP contribution in [-0.2, 0) is 14.3 Å². The van der Waals surface area contributed by atoms with E-state index in [0.717, 1.165) is 71.6 Å². The van der Waals surface area contributed by atoms with Crippen molar-refractivity contribution in [3.05, 3.63) is 0 Å². The molecule has 0 aromatic heterocycles. The molecule has 2 N–H and O–H groups in total. The van der Waals surface area contributed by atoms with Crippen molar-refractivity contribution in [1.82, 2.24) is 10.6 Å². The maximum Gasteiger partial charge on any atom is 0.224 e. The second kappa shape index (κ2) is 8.51. The summed E-state index contributed by atoms with van der Waals surface area (Å²) in [4.78, 5) is 11.9. The highest BCUT2D eigenvalue weighted by molar-refractivity contribution is 5.78. The minimum Gasteiger partial charge on any atom is -0.381 e. The number of nitrogens with one attached hydrogen (secondary N) is 2. The Bertz CT molecular complexity index is 261. The summed E-state index contributed by atoms with van der Waals surface area (Å²) >= 11 is 0. The van der Waals surface area contributed by atoms with Gasteiger partial charge < -0.3 is 20.1 Å². The average molecular weight is 270 g/mol. The highest BCUT2D eigenvalue weighted by Gasteiger charge is 2.20. The van der Waals surface area contributed by atoms with Crippen molar-refractivity contribution in [2.75, 3.05) is 39.5 Å². The van der Waals surface area contributed by atoms with Gasteiger partial charge in [0.05, 0.1) is 12.0 Å². The van der Waals surface area contributed by atoms with Gasteiger partial charge in [-0.1, -0.05) is 0 Å². The zero-order chi connectivity index (χ0) is 13.3. The van der Waals surface area contributed by atoms with Gasteiger partial charge >= 0.3 is 0 Å². The van der Waals surface area contributed by atoms with E-state index in [2.05, 4.69) is 10.6 Å². The summed E-state index contributed by atoms with van der Waals surface area (Å²) in [6.45, 7) is 4.95. The van der Waals surface area contributed by atoms with Crippen LogP contribution in [0.15, 0.2) is 0 Å². The van der Waals surface area contributed by atoms with Gasteiger partial charge in [-0.3, -0.25) is 4.79 Å². The number of hydrogen-bond donors (Lipinski definition) is 2. The molecule has 5 heteroatoms. The van der Waals surface area contributed by atoms with Crippen LogP contribution in [0.5, 0.6) is 0 Å². The number of hydrogen-bond acceptors (Lipinski definition) is 4. The van der Waals surface area contributed by atoms with E-state index >= 15 is 0 Å². The highest BCUT2D eigenvalue weighted by atomic mass is 16.5. The monoisotopic (exact) mass is 270 g/mol. The van der Waals surface area contributed by atoms with Gasteiger partial charge in [-0.15, -0.1) is 0 Å². The molecule has 0 aromatic carbocycles. The Balaban J connectivity index is 1.47. The lowest BCUT2D eigenvalue weighted by Crippen LogP contribution is -2.41. The molecule has 0 radical (unpaired) electrons. The van der Waals surface area contributed by atoms with Gasteiger partial charge in [-0.25, -0.2) is 0 Å². The molecule has 0 aliphatic carbocycles. The maximum absolute atomic E-state index is 11.9. The number of carbonyl (C=O) groups excluding carboxylic acids is 1. The normalized spacial score (nSPS) is 25.2. The van der Waals surface area contributed by atoms with E-state index in [1.807, 2.05) is 0 Å². The molecule has 5 nitrogen and oxygen atoms in total. The van der Waals surface area contributed by atoms with Crippen LogP contribution in [0.1, 0.15) is 32.1 Å². The Morgan fingerprint density at radius 2 is 2.16 bits per heavy atom. The summed E-state index contributed by atoms with van der Waals surface area (Å²) < 4.78 is 11.0. The van der Waals surface area contributed by atoms with E-state index in [0.29, 0.717) is 6.10 Å². The van der Waals surface area contributed by atoms with E-state index in [1.165, 1.54) is 0 Å². The third kappa shape index (κ3) is 5.47. The predicted molar refractivity (Wildman–Crippen MR) is 73.0 cm³/mol. The number of rotatable bonds is 6. The first-order valence-corrected chi connectivity index (χ1v) is 7.54. The first-order valence-electron chi connectivity index (χ1n) is 7.54. The summed E-state index contributed by atoms with van der Waals surface area (Å²) in [7, 11) is 0. The molecule has 2 saturated heterocycles. The Morgan fingerprint density at radius 1 is 1.32 bits per heavy atom. The molecule has 2 aliphatic rings. The zero-order valence-electron chi connectivity index (χ0n) is 11.7. The van der Waals surface area contributed by atoms with E-state index in [4.69, 9.17) is 9.47 Å². The number of carbonyl (C=O) groups is 1. The lowest BCUT2D eigenvalue weighted by atomic mass is 9.99. The van der Waals surface area contributed by atoms with Crippen molar-refractivity contribution in [2.45, 2.75) is 38.2 Å². The van der Waals surface area contributed by atoms with Gasteiger partial charge in [0.2, 0.25) is 5.91 Å². The largest absolute Gasteiger partial charge is 0.381 e. The van der Waals surface area contributed by atoms with Crippen LogP contribution in [0.3, 0.4) is 0 Å². The topological polar surface area (TPSA) is 59.6 Å². The molecule has 1 unspecified atom stereocenters. The Morgan fingerprint density at radius 3 is 2.89 bits per heavy atom. The molecule has 0 saturated carbocycles. The molecule has 0 bridgehead atoms. The molecular formula is C14H26N2O3. The molecule has 0 aromatic rings. The van der Waals surface area contributed by atoms with Crippen LogP contribution < -0.4 is 10.6 Å². The van der Waals surface area contributed by atoms with Gasteiger partial charge in [0.25, 0.3) is 0 Å². The van der Waals surface area contributed by atoms with Crippen LogP contribution in [0, 0.1) is 5.92 Å². The smallest absolute Gasteiger partial charge is 0.224 e. The van der Waals surface area contributed by atoms with Gasteiger partial charge in [-0.2, -0.15) is 0 Å². The molecule has 1 amide bonds. The van der Waals surface area contributed by atoms with Crippen molar-refractivity contribution >= 4 is 5.91 Å². The summed E-state index contributed by atoms with van der Waals surface area (Å²) in [6, 6.07) is 0. The maximum atomic E-state index is 11.9. The first kappa shape index (κ1) is 14.8. The van der Waals surface area contributed by atoms with Gasteiger partial charge in [0.1, 0.15) is 0 Å². The van der Waals surface area contributed by atoms with Crippen molar-refractivity contribution in [1.29, 1.82) is 0 Å². The Kier molecular flexibility index (Phi) is 6.61. The fourth-order valence-corrected chi connectivity index (χ4v) is 2.60. The molecule has 2 fully saturated rings. The molecular weight excluding hydrogens is 244 g/mol. The van der Waals surface area contributed by atoms with Crippen molar-refractivity contribution in [3.63, 3.8) is 0 Å². The van der Waals surface area contributed by atoms with E-state index in [-0.39, 0.29) is 11.8 Å². The van der Waals surface area contributed by atoms with E-state index in [1.54, 1.807) is 0 Å². The molecule has 1 atom stereocenters. The minimum absolute atomic E-state index is 0.158. The Labute approximate surface area is 115 Å². The second-order valence-corrected chi connectivity index (χ2v) is 5.37. The lowest BCUT2D eigenvalue weighted by Gasteiger charge is -2.23. The van der Waals surface area contributed by atoms with Crippen molar-refractivity contribution in [3.8, 4) is 0 Å². The third-order valence-corrected chi connectivity index (χ3v) is 3.81.